The summed E-state index contributed by atoms with van der Waals surface area (Å²) < 4.78 is 12.7. The summed E-state index contributed by atoms with van der Waals surface area (Å²) in [6, 6.07) is 8.22. The molecule has 1 saturated heterocycles. The number of hydrogen-bond acceptors (Lipinski definition) is 9. The van der Waals surface area contributed by atoms with Crippen LogP contribution in [0.5, 0.6) is 6.01 Å². The monoisotopic (exact) mass is 401 g/mol. The van der Waals surface area contributed by atoms with E-state index in [1.807, 2.05) is 31.2 Å². The Morgan fingerprint density at radius 3 is 2.62 bits per heavy atom. The van der Waals surface area contributed by atoms with Crippen LogP contribution in [-0.2, 0) is 11.2 Å². The summed E-state index contributed by atoms with van der Waals surface area (Å²) in [7, 11) is 0. The number of aryl methyl sites for hydroxylation is 1. The summed E-state index contributed by atoms with van der Waals surface area (Å²) in [4.78, 5) is 12.6. The van der Waals surface area contributed by atoms with Crippen molar-refractivity contribution in [2.45, 2.75) is 37.9 Å². The summed E-state index contributed by atoms with van der Waals surface area (Å²) in [5.74, 6) is 0.130. The van der Waals surface area contributed by atoms with E-state index in [4.69, 9.17) is 15.2 Å². The van der Waals surface area contributed by atoms with Crippen LogP contribution in [0.1, 0.15) is 17.4 Å². The van der Waals surface area contributed by atoms with Gasteiger partial charge in [0.15, 0.2) is 23.2 Å². The minimum absolute atomic E-state index is 0.0793. The Bertz CT molecular complexity index is 993. The molecule has 2 unspecified atom stereocenters. The zero-order valence-electron chi connectivity index (χ0n) is 15.8. The molecule has 0 spiro atoms. The number of imidazole rings is 1. The van der Waals surface area contributed by atoms with Crippen LogP contribution in [0, 0.1) is 6.92 Å². The second-order valence-corrected chi connectivity index (χ2v) is 7.03. The molecular weight excluding hydrogens is 378 g/mol. The molecule has 1 aliphatic rings. The summed E-state index contributed by atoms with van der Waals surface area (Å²) in [5.41, 5.74) is 8.93. The fraction of sp³-hybridized carbons (Fsp3) is 0.421. The van der Waals surface area contributed by atoms with Crippen LogP contribution < -0.4 is 10.5 Å². The van der Waals surface area contributed by atoms with Gasteiger partial charge in [0, 0.05) is 6.42 Å². The van der Waals surface area contributed by atoms with Gasteiger partial charge in [-0.3, -0.25) is 4.57 Å². The predicted molar refractivity (Wildman–Crippen MR) is 103 cm³/mol. The van der Waals surface area contributed by atoms with Gasteiger partial charge in [-0.25, -0.2) is 4.98 Å². The summed E-state index contributed by atoms with van der Waals surface area (Å²) in [6.07, 6.45) is -2.29. The van der Waals surface area contributed by atoms with Gasteiger partial charge in [-0.2, -0.15) is 9.97 Å². The Morgan fingerprint density at radius 1 is 1.17 bits per heavy atom. The molecule has 2 aromatic heterocycles. The SMILES string of the molecule is Cc1ccc(CCOc2nc(N)c3ncn([C@@H]4O[C@H](CO)C(O)C4O)c3n2)cc1. The first-order chi connectivity index (χ1) is 14.0. The fourth-order valence-corrected chi connectivity index (χ4v) is 3.29. The Hall–Kier alpha value is -2.79. The molecule has 0 amide bonds. The lowest BCUT2D eigenvalue weighted by atomic mass is 10.1. The highest BCUT2D eigenvalue weighted by molar-refractivity contribution is 5.82. The highest BCUT2D eigenvalue weighted by Crippen LogP contribution is 2.32. The third-order valence-corrected chi connectivity index (χ3v) is 4.96. The van der Waals surface area contributed by atoms with E-state index in [0.29, 0.717) is 24.2 Å². The van der Waals surface area contributed by atoms with Crippen molar-refractivity contribution in [1.29, 1.82) is 0 Å². The van der Waals surface area contributed by atoms with E-state index in [-0.39, 0.29) is 11.8 Å². The third kappa shape index (κ3) is 3.75. The molecule has 10 nitrogen and oxygen atoms in total. The lowest BCUT2D eigenvalue weighted by Gasteiger charge is -2.16. The van der Waals surface area contributed by atoms with Crippen LogP contribution in [0.25, 0.3) is 11.2 Å². The molecule has 0 bridgehead atoms. The second-order valence-electron chi connectivity index (χ2n) is 7.03. The van der Waals surface area contributed by atoms with Gasteiger partial charge in [-0.15, -0.1) is 0 Å². The van der Waals surface area contributed by atoms with E-state index in [1.54, 1.807) is 0 Å². The number of aliphatic hydroxyl groups excluding tert-OH is 3. The minimum Gasteiger partial charge on any atom is -0.463 e. The normalized spacial score (nSPS) is 24.3. The van der Waals surface area contributed by atoms with Gasteiger partial charge in [0.2, 0.25) is 0 Å². The third-order valence-electron chi connectivity index (χ3n) is 4.96. The van der Waals surface area contributed by atoms with Crippen molar-refractivity contribution in [2.24, 2.45) is 0 Å². The highest BCUT2D eigenvalue weighted by atomic mass is 16.6. The van der Waals surface area contributed by atoms with E-state index in [2.05, 4.69) is 15.0 Å². The number of rotatable bonds is 6. The minimum atomic E-state index is -1.26. The number of hydrogen-bond donors (Lipinski definition) is 4. The highest BCUT2D eigenvalue weighted by Gasteiger charge is 2.44. The van der Waals surface area contributed by atoms with E-state index < -0.39 is 31.1 Å². The number of benzene rings is 1. The second kappa shape index (κ2) is 7.91. The maximum absolute atomic E-state index is 10.3. The van der Waals surface area contributed by atoms with E-state index in [0.717, 1.165) is 5.56 Å². The van der Waals surface area contributed by atoms with E-state index >= 15 is 0 Å². The molecule has 0 radical (unpaired) electrons. The molecule has 3 aromatic rings. The fourth-order valence-electron chi connectivity index (χ4n) is 3.29. The summed E-state index contributed by atoms with van der Waals surface area (Å²) >= 11 is 0. The number of ether oxygens (including phenoxy) is 2. The average molecular weight is 401 g/mol. The molecule has 3 heterocycles. The van der Waals surface area contributed by atoms with Crippen molar-refractivity contribution in [3.63, 3.8) is 0 Å². The van der Waals surface area contributed by atoms with Crippen LogP contribution >= 0.6 is 0 Å². The molecule has 10 heteroatoms. The van der Waals surface area contributed by atoms with Crippen molar-refractivity contribution in [1.82, 2.24) is 19.5 Å². The number of fused-ring (bicyclic) bond motifs is 1. The summed E-state index contributed by atoms with van der Waals surface area (Å²) in [6.45, 7) is 1.96. The Balaban J connectivity index is 1.54. The Kier molecular flexibility index (Phi) is 5.33. The predicted octanol–water partition coefficient (Wildman–Crippen LogP) is -0.0501. The van der Waals surface area contributed by atoms with Crippen LogP contribution in [0.15, 0.2) is 30.6 Å². The summed E-state index contributed by atoms with van der Waals surface area (Å²) in [5, 5.41) is 29.6. The lowest BCUT2D eigenvalue weighted by molar-refractivity contribution is -0.0511. The van der Waals surface area contributed by atoms with Crippen LogP contribution in [0.3, 0.4) is 0 Å². The smallest absolute Gasteiger partial charge is 0.320 e. The van der Waals surface area contributed by atoms with Gasteiger partial charge in [-0.05, 0) is 12.5 Å². The number of nitrogen functional groups attached to an aromatic ring is 1. The van der Waals surface area contributed by atoms with Crippen LogP contribution in [0.2, 0.25) is 0 Å². The van der Waals surface area contributed by atoms with Crippen LogP contribution in [-0.4, -0.2) is 66.4 Å². The Morgan fingerprint density at radius 2 is 1.93 bits per heavy atom. The first-order valence-electron chi connectivity index (χ1n) is 9.28. The zero-order chi connectivity index (χ0) is 20.5. The number of aliphatic hydroxyl groups is 3. The number of anilines is 1. The lowest BCUT2D eigenvalue weighted by Crippen LogP contribution is -2.33. The molecule has 154 valence electrons. The van der Waals surface area contributed by atoms with Crippen molar-refractivity contribution >= 4 is 17.0 Å². The molecule has 1 aliphatic heterocycles. The number of nitrogens with two attached hydrogens (primary N) is 1. The standard InChI is InChI=1S/C19H23N5O5/c1-10-2-4-11(5-3-10)6-7-28-19-22-16(20)13-17(23-19)24(9-21-13)18-15(27)14(26)12(8-25)29-18/h2-5,9,12,14-15,18,25-27H,6-8H2,1H3,(H2,20,22,23)/t12-,14?,15?,18-/m1/s1. The van der Waals surface area contributed by atoms with Gasteiger partial charge in [0.05, 0.1) is 19.5 Å². The van der Waals surface area contributed by atoms with Gasteiger partial charge < -0.3 is 30.5 Å². The van der Waals surface area contributed by atoms with Gasteiger partial charge in [0.1, 0.15) is 18.3 Å². The molecule has 5 N–H and O–H groups in total. The molecule has 1 fully saturated rings. The number of nitrogens with zero attached hydrogens (tertiary/aromatic N) is 4. The molecule has 0 saturated carbocycles. The van der Waals surface area contributed by atoms with Crippen molar-refractivity contribution < 1.29 is 24.8 Å². The van der Waals surface area contributed by atoms with Crippen LogP contribution in [0.4, 0.5) is 5.82 Å². The quantitative estimate of drug-likeness (QED) is 0.446. The topological polar surface area (TPSA) is 149 Å². The first kappa shape index (κ1) is 19.5. The molecule has 1 aromatic carbocycles. The molecule has 29 heavy (non-hydrogen) atoms. The van der Waals surface area contributed by atoms with Crippen molar-refractivity contribution in [3.05, 3.63) is 41.7 Å². The molecule has 4 atom stereocenters. The van der Waals surface area contributed by atoms with Crippen molar-refractivity contribution in [3.8, 4) is 6.01 Å². The molecule has 4 rings (SSSR count). The first-order valence-corrected chi connectivity index (χ1v) is 9.28. The van der Waals surface area contributed by atoms with Gasteiger partial charge in [-0.1, -0.05) is 29.8 Å². The van der Waals surface area contributed by atoms with E-state index in [9.17, 15) is 15.3 Å². The largest absolute Gasteiger partial charge is 0.463 e. The average Bonchev–Trinajstić information content (AvgIpc) is 3.25. The van der Waals surface area contributed by atoms with E-state index in [1.165, 1.54) is 16.5 Å². The van der Waals surface area contributed by atoms with Gasteiger partial charge in [0.25, 0.3) is 0 Å². The van der Waals surface area contributed by atoms with Gasteiger partial charge >= 0.3 is 6.01 Å². The maximum Gasteiger partial charge on any atom is 0.320 e. The molecule has 0 aliphatic carbocycles. The zero-order valence-corrected chi connectivity index (χ0v) is 15.8. The molecular formula is C19H23N5O5. The Labute approximate surface area is 166 Å². The number of aromatic nitrogens is 4. The van der Waals surface area contributed by atoms with Crippen molar-refractivity contribution in [2.75, 3.05) is 18.9 Å². The maximum atomic E-state index is 10.3.